The Kier molecular flexibility index (Phi) is 7.44. The van der Waals surface area contributed by atoms with Crippen LogP contribution in [0.3, 0.4) is 0 Å². The molecule has 1 aromatic carbocycles. The lowest BCUT2D eigenvalue weighted by Crippen LogP contribution is -2.35. The summed E-state index contributed by atoms with van der Waals surface area (Å²) >= 11 is 5.94. The molecule has 2 unspecified atom stereocenters. The second-order valence-corrected chi connectivity index (χ2v) is 5.50. The normalized spacial score (nSPS) is 14.6. The SMILES string of the molecule is CCC(C)N(CC)CCC(NC)c1ccc(Cl)cc1. The van der Waals surface area contributed by atoms with E-state index >= 15 is 0 Å². The van der Waals surface area contributed by atoms with Gasteiger partial charge in [0.2, 0.25) is 0 Å². The van der Waals surface area contributed by atoms with Crippen molar-refractivity contribution in [3.8, 4) is 0 Å². The Labute approximate surface area is 123 Å². The summed E-state index contributed by atoms with van der Waals surface area (Å²) in [5.74, 6) is 0. The zero-order chi connectivity index (χ0) is 14.3. The summed E-state index contributed by atoms with van der Waals surface area (Å²) in [7, 11) is 2.03. The summed E-state index contributed by atoms with van der Waals surface area (Å²) in [6.07, 6.45) is 2.33. The van der Waals surface area contributed by atoms with Gasteiger partial charge in [-0.15, -0.1) is 0 Å². The Balaban J connectivity index is 2.59. The van der Waals surface area contributed by atoms with Crippen LogP contribution in [-0.2, 0) is 0 Å². The van der Waals surface area contributed by atoms with Gasteiger partial charge in [0, 0.05) is 23.7 Å². The second-order valence-electron chi connectivity index (χ2n) is 5.07. The van der Waals surface area contributed by atoms with Gasteiger partial charge >= 0.3 is 0 Å². The van der Waals surface area contributed by atoms with E-state index in [0.29, 0.717) is 12.1 Å². The highest BCUT2D eigenvalue weighted by atomic mass is 35.5. The average molecular weight is 283 g/mol. The third-order valence-electron chi connectivity index (χ3n) is 3.95. The summed E-state index contributed by atoms with van der Waals surface area (Å²) in [4.78, 5) is 2.54. The molecule has 1 aromatic rings. The van der Waals surface area contributed by atoms with Gasteiger partial charge in [0.1, 0.15) is 0 Å². The zero-order valence-electron chi connectivity index (χ0n) is 12.6. The molecule has 2 nitrogen and oxygen atoms in total. The van der Waals surface area contributed by atoms with Crippen molar-refractivity contribution in [1.82, 2.24) is 10.2 Å². The van der Waals surface area contributed by atoms with Crippen LogP contribution in [0.4, 0.5) is 0 Å². The predicted molar refractivity (Wildman–Crippen MR) is 84.9 cm³/mol. The highest BCUT2D eigenvalue weighted by Crippen LogP contribution is 2.20. The van der Waals surface area contributed by atoms with Crippen LogP contribution in [0.2, 0.25) is 5.02 Å². The first-order chi connectivity index (χ1) is 9.12. The third-order valence-corrected chi connectivity index (χ3v) is 4.20. The monoisotopic (exact) mass is 282 g/mol. The summed E-state index contributed by atoms with van der Waals surface area (Å²) in [6.45, 7) is 9.04. The summed E-state index contributed by atoms with van der Waals surface area (Å²) in [5.41, 5.74) is 1.31. The first-order valence-corrected chi connectivity index (χ1v) is 7.66. The van der Waals surface area contributed by atoms with Gasteiger partial charge in [-0.1, -0.05) is 37.6 Å². The van der Waals surface area contributed by atoms with Gasteiger partial charge in [0.05, 0.1) is 0 Å². The molecular weight excluding hydrogens is 256 g/mol. The van der Waals surface area contributed by atoms with E-state index in [2.05, 4.69) is 43.1 Å². The van der Waals surface area contributed by atoms with Gasteiger partial charge in [-0.05, 0) is 51.1 Å². The predicted octanol–water partition coefficient (Wildman–Crippen LogP) is 4.11. The largest absolute Gasteiger partial charge is 0.313 e. The van der Waals surface area contributed by atoms with Crippen molar-refractivity contribution < 1.29 is 0 Å². The number of rotatable bonds is 8. The number of benzene rings is 1. The van der Waals surface area contributed by atoms with Crippen LogP contribution in [0.1, 0.15) is 45.2 Å². The number of nitrogens with one attached hydrogen (secondary N) is 1. The zero-order valence-corrected chi connectivity index (χ0v) is 13.4. The lowest BCUT2D eigenvalue weighted by atomic mass is 10.0. The first-order valence-electron chi connectivity index (χ1n) is 7.29. The fraction of sp³-hybridized carbons (Fsp3) is 0.625. The quantitative estimate of drug-likeness (QED) is 0.772. The Hall–Kier alpha value is -0.570. The molecule has 1 N–H and O–H groups in total. The molecule has 0 spiro atoms. The molecule has 3 heteroatoms. The van der Waals surface area contributed by atoms with Crippen molar-refractivity contribution >= 4 is 11.6 Å². The Bertz CT molecular complexity index is 350. The molecule has 0 aliphatic rings. The molecule has 108 valence electrons. The molecule has 1 rings (SSSR count). The molecular formula is C16H27ClN2. The topological polar surface area (TPSA) is 15.3 Å². The van der Waals surface area contributed by atoms with Crippen LogP contribution in [-0.4, -0.2) is 31.1 Å². The van der Waals surface area contributed by atoms with E-state index in [9.17, 15) is 0 Å². The minimum atomic E-state index is 0.398. The molecule has 0 aromatic heterocycles. The van der Waals surface area contributed by atoms with Crippen molar-refractivity contribution in [2.75, 3.05) is 20.1 Å². The van der Waals surface area contributed by atoms with E-state index in [1.165, 1.54) is 12.0 Å². The van der Waals surface area contributed by atoms with Crippen LogP contribution in [0.25, 0.3) is 0 Å². The minimum absolute atomic E-state index is 0.398. The van der Waals surface area contributed by atoms with Gasteiger partial charge in [-0.25, -0.2) is 0 Å². The lowest BCUT2D eigenvalue weighted by Gasteiger charge is -2.29. The summed E-state index contributed by atoms with van der Waals surface area (Å²) in [5, 5.41) is 4.20. The van der Waals surface area contributed by atoms with Gasteiger partial charge in [0.15, 0.2) is 0 Å². The molecule has 0 bridgehead atoms. The van der Waals surface area contributed by atoms with Gasteiger partial charge in [-0.2, -0.15) is 0 Å². The molecule has 0 fully saturated rings. The maximum absolute atomic E-state index is 5.94. The maximum atomic E-state index is 5.94. The van der Waals surface area contributed by atoms with Crippen LogP contribution >= 0.6 is 11.6 Å². The molecule has 0 aliphatic carbocycles. The lowest BCUT2D eigenvalue weighted by molar-refractivity contribution is 0.204. The molecule has 0 saturated carbocycles. The van der Waals surface area contributed by atoms with Crippen molar-refractivity contribution in [3.63, 3.8) is 0 Å². The number of halogens is 1. The standard InChI is InChI=1S/C16H27ClN2/c1-5-13(3)19(6-2)12-11-16(18-4)14-7-9-15(17)10-8-14/h7-10,13,16,18H,5-6,11-12H2,1-4H3. The smallest absolute Gasteiger partial charge is 0.0406 e. The van der Waals surface area contributed by atoms with Gasteiger partial charge in [-0.3, -0.25) is 0 Å². The van der Waals surface area contributed by atoms with Crippen LogP contribution in [0, 0.1) is 0 Å². The van der Waals surface area contributed by atoms with Crippen molar-refractivity contribution in [3.05, 3.63) is 34.9 Å². The Morgan fingerprint density at radius 1 is 1.21 bits per heavy atom. The fourth-order valence-electron chi connectivity index (χ4n) is 2.42. The van der Waals surface area contributed by atoms with Crippen molar-refractivity contribution in [2.24, 2.45) is 0 Å². The summed E-state index contributed by atoms with van der Waals surface area (Å²) in [6, 6.07) is 9.22. The van der Waals surface area contributed by atoms with Crippen LogP contribution < -0.4 is 5.32 Å². The Morgan fingerprint density at radius 3 is 2.32 bits per heavy atom. The molecule has 2 atom stereocenters. The van der Waals surface area contributed by atoms with Crippen molar-refractivity contribution in [2.45, 2.75) is 45.7 Å². The molecule has 19 heavy (non-hydrogen) atoms. The van der Waals surface area contributed by atoms with E-state index in [1.54, 1.807) is 0 Å². The van der Waals surface area contributed by atoms with E-state index in [1.807, 2.05) is 19.2 Å². The molecule has 0 radical (unpaired) electrons. The highest BCUT2D eigenvalue weighted by Gasteiger charge is 2.14. The van der Waals surface area contributed by atoms with Gasteiger partial charge in [0.25, 0.3) is 0 Å². The molecule has 0 amide bonds. The van der Waals surface area contributed by atoms with Crippen LogP contribution in [0.15, 0.2) is 24.3 Å². The maximum Gasteiger partial charge on any atom is 0.0406 e. The van der Waals surface area contributed by atoms with E-state index in [-0.39, 0.29) is 0 Å². The number of nitrogens with zero attached hydrogens (tertiary/aromatic N) is 1. The minimum Gasteiger partial charge on any atom is -0.313 e. The molecule has 0 saturated heterocycles. The second kappa shape index (κ2) is 8.57. The Morgan fingerprint density at radius 2 is 1.84 bits per heavy atom. The van der Waals surface area contributed by atoms with Gasteiger partial charge < -0.3 is 10.2 Å². The summed E-state index contributed by atoms with van der Waals surface area (Å²) < 4.78 is 0. The number of hydrogen-bond donors (Lipinski definition) is 1. The first kappa shape index (κ1) is 16.5. The molecule has 0 heterocycles. The molecule has 0 aliphatic heterocycles. The third kappa shape index (κ3) is 5.13. The van der Waals surface area contributed by atoms with E-state index in [0.717, 1.165) is 24.5 Å². The van der Waals surface area contributed by atoms with E-state index < -0.39 is 0 Å². The average Bonchev–Trinajstić information content (AvgIpc) is 2.44. The van der Waals surface area contributed by atoms with E-state index in [4.69, 9.17) is 11.6 Å². The number of hydrogen-bond acceptors (Lipinski definition) is 2. The van der Waals surface area contributed by atoms with Crippen molar-refractivity contribution in [1.29, 1.82) is 0 Å². The fourth-order valence-corrected chi connectivity index (χ4v) is 2.54. The highest BCUT2D eigenvalue weighted by molar-refractivity contribution is 6.30. The van der Waals surface area contributed by atoms with Crippen LogP contribution in [0.5, 0.6) is 0 Å².